The average Bonchev–Trinajstić information content (AvgIpc) is 3.65. The van der Waals surface area contributed by atoms with Crippen molar-refractivity contribution in [2.75, 3.05) is 13.2 Å². The van der Waals surface area contributed by atoms with Gasteiger partial charge in [0.1, 0.15) is 11.6 Å². The van der Waals surface area contributed by atoms with Crippen LogP contribution in [-0.4, -0.2) is 30.0 Å². The molecule has 6 rings (SSSR count). The van der Waals surface area contributed by atoms with Gasteiger partial charge in [-0.1, -0.05) is 13.8 Å². The molecule has 3 atom stereocenters. The van der Waals surface area contributed by atoms with E-state index in [1.807, 2.05) is 11.0 Å². The second-order valence-corrected chi connectivity index (χ2v) is 13.1. The third kappa shape index (κ3) is 4.10. The Bertz CT molecular complexity index is 930. The van der Waals surface area contributed by atoms with Crippen LogP contribution in [0.25, 0.3) is 0 Å². The molecule has 3 unspecified atom stereocenters. The summed E-state index contributed by atoms with van der Waals surface area (Å²) in [6, 6.07) is 3.59. The molecule has 3 nitrogen and oxygen atoms in total. The number of nitrogens with zero attached hydrogens (tertiary/aromatic N) is 1. The molecule has 4 aliphatic carbocycles. The highest BCUT2D eigenvalue weighted by Crippen LogP contribution is 2.56. The number of hydrogen-bond donors (Lipinski definition) is 0. The first-order valence-corrected chi connectivity index (χ1v) is 13.5. The summed E-state index contributed by atoms with van der Waals surface area (Å²) in [5.74, 6) is 2.89. The number of carbonyl (C=O) groups excluding carboxylic acids is 1. The Labute approximate surface area is 198 Å². The maximum absolute atomic E-state index is 15.4. The second kappa shape index (κ2) is 7.71. The Morgan fingerprint density at radius 3 is 2.36 bits per heavy atom. The van der Waals surface area contributed by atoms with Crippen molar-refractivity contribution in [1.82, 2.24) is 4.90 Å². The molecular weight excluding hydrogens is 413 g/mol. The van der Waals surface area contributed by atoms with Crippen LogP contribution in [-0.2, 0) is 0 Å². The second-order valence-electron chi connectivity index (χ2n) is 13.1. The summed E-state index contributed by atoms with van der Waals surface area (Å²) < 4.78 is 21.9. The van der Waals surface area contributed by atoms with Crippen molar-refractivity contribution in [3.63, 3.8) is 0 Å². The number of carbonyl (C=O) groups is 1. The SMILES string of the molecule is CC1CC2CC(C)CC(COc3cc(F)c(C(=O)N4CC5(CC5)CC4C)cc3C3CC3)(C1)C2. The molecule has 1 amide bonds. The van der Waals surface area contributed by atoms with Gasteiger partial charge in [0.05, 0.1) is 12.2 Å². The molecule has 2 bridgehead atoms. The molecule has 0 aromatic heterocycles. The van der Waals surface area contributed by atoms with E-state index in [0.29, 0.717) is 23.7 Å². The molecule has 1 aliphatic heterocycles. The summed E-state index contributed by atoms with van der Waals surface area (Å²) in [5.41, 5.74) is 1.88. The molecule has 1 spiro atoms. The smallest absolute Gasteiger partial charge is 0.257 e. The third-order valence-corrected chi connectivity index (χ3v) is 9.62. The van der Waals surface area contributed by atoms with Gasteiger partial charge in [-0.15, -0.1) is 0 Å². The van der Waals surface area contributed by atoms with Crippen LogP contribution in [0.5, 0.6) is 5.75 Å². The van der Waals surface area contributed by atoms with Gasteiger partial charge in [-0.2, -0.15) is 0 Å². The number of halogens is 1. The zero-order chi connectivity index (χ0) is 23.0. The fraction of sp³-hybridized carbons (Fsp3) is 0.759. The summed E-state index contributed by atoms with van der Waals surface area (Å²) in [4.78, 5) is 15.3. The van der Waals surface area contributed by atoms with Gasteiger partial charge in [0.25, 0.3) is 5.91 Å². The highest BCUT2D eigenvalue weighted by atomic mass is 19.1. The predicted octanol–water partition coefficient (Wildman–Crippen LogP) is 6.95. The lowest BCUT2D eigenvalue weighted by atomic mass is 9.57. The maximum Gasteiger partial charge on any atom is 0.257 e. The Morgan fingerprint density at radius 2 is 1.76 bits per heavy atom. The van der Waals surface area contributed by atoms with Crippen LogP contribution in [0.4, 0.5) is 4.39 Å². The van der Waals surface area contributed by atoms with E-state index >= 15 is 4.39 Å². The third-order valence-electron chi connectivity index (χ3n) is 9.62. The van der Waals surface area contributed by atoms with Crippen LogP contribution in [0.15, 0.2) is 12.1 Å². The molecular formula is C29H40FNO2. The zero-order valence-corrected chi connectivity index (χ0v) is 20.7. The van der Waals surface area contributed by atoms with Gasteiger partial charge in [-0.3, -0.25) is 4.79 Å². The Kier molecular flexibility index (Phi) is 5.12. The summed E-state index contributed by atoms with van der Waals surface area (Å²) >= 11 is 0. The number of ether oxygens (including phenoxy) is 1. The van der Waals surface area contributed by atoms with Gasteiger partial charge >= 0.3 is 0 Å². The van der Waals surface area contributed by atoms with E-state index in [2.05, 4.69) is 20.8 Å². The zero-order valence-electron chi connectivity index (χ0n) is 20.7. The first kappa shape index (κ1) is 21.9. The molecule has 4 heteroatoms. The van der Waals surface area contributed by atoms with E-state index < -0.39 is 5.82 Å². The molecule has 180 valence electrons. The first-order chi connectivity index (χ1) is 15.7. The van der Waals surface area contributed by atoms with Crippen molar-refractivity contribution in [1.29, 1.82) is 0 Å². The number of rotatable bonds is 5. The van der Waals surface area contributed by atoms with Crippen molar-refractivity contribution >= 4 is 5.91 Å². The van der Waals surface area contributed by atoms with Gasteiger partial charge in [0.2, 0.25) is 0 Å². The molecule has 0 N–H and O–H groups in total. The van der Waals surface area contributed by atoms with Crippen LogP contribution in [0, 0.1) is 34.4 Å². The largest absolute Gasteiger partial charge is 0.493 e. The number of hydrogen-bond acceptors (Lipinski definition) is 2. The number of benzene rings is 1. The van der Waals surface area contributed by atoms with Crippen LogP contribution < -0.4 is 4.74 Å². The lowest BCUT2D eigenvalue weighted by molar-refractivity contribution is -0.0167. The predicted molar refractivity (Wildman–Crippen MR) is 128 cm³/mol. The fourth-order valence-electron chi connectivity index (χ4n) is 8.17. The van der Waals surface area contributed by atoms with E-state index in [0.717, 1.165) is 49.1 Å². The standard InChI is InChI=1S/C29H40FNO2/c1-18-8-21-9-19(2)13-29(12-18,15-21)17-33-26-11-25(30)24(10-23(26)22-4-5-22)27(32)31-16-28(6-7-28)14-20(31)3/h10-11,18-22H,4-9,12-17H2,1-3H3. The van der Waals surface area contributed by atoms with Crippen LogP contribution in [0.1, 0.15) is 107 Å². The highest BCUT2D eigenvalue weighted by Gasteiger charge is 2.52. The van der Waals surface area contributed by atoms with E-state index in [1.54, 1.807) is 6.07 Å². The summed E-state index contributed by atoms with van der Waals surface area (Å²) in [5, 5.41) is 0. The normalized spacial score (nSPS) is 36.8. The van der Waals surface area contributed by atoms with Gasteiger partial charge in [-0.25, -0.2) is 4.39 Å². The summed E-state index contributed by atoms with van der Waals surface area (Å²) in [6.45, 7) is 8.38. The molecule has 1 aromatic rings. The van der Waals surface area contributed by atoms with Crippen LogP contribution in [0.3, 0.4) is 0 Å². The fourth-order valence-corrected chi connectivity index (χ4v) is 8.17. The number of likely N-dealkylation sites (tertiary alicyclic amines) is 1. The first-order valence-electron chi connectivity index (χ1n) is 13.5. The number of amides is 1. The molecule has 5 aliphatic rings. The maximum atomic E-state index is 15.4. The lowest BCUT2D eigenvalue weighted by Crippen LogP contribution is -2.43. The summed E-state index contributed by atoms with van der Waals surface area (Å²) in [7, 11) is 0. The summed E-state index contributed by atoms with van der Waals surface area (Å²) in [6.07, 6.45) is 12.1. The van der Waals surface area contributed by atoms with Crippen molar-refractivity contribution < 1.29 is 13.9 Å². The monoisotopic (exact) mass is 453 g/mol. The van der Waals surface area contributed by atoms with Crippen LogP contribution in [0.2, 0.25) is 0 Å². The molecule has 1 aromatic carbocycles. The topological polar surface area (TPSA) is 29.5 Å². The van der Waals surface area contributed by atoms with E-state index in [-0.39, 0.29) is 22.9 Å². The van der Waals surface area contributed by atoms with Crippen LogP contribution >= 0.6 is 0 Å². The Hall–Kier alpha value is -1.58. The van der Waals surface area contributed by atoms with Crippen molar-refractivity contribution in [3.8, 4) is 5.75 Å². The molecule has 0 radical (unpaired) electrons. The minimum atomic E-state index is -0.409. The molecule has 5 fully saturated rings. The van der Waals surface area contributed by atoms with E-state index in [1.165, 1.54) is 44.9 Å². The number of fused-ring (bicyclic) bond motifs is 2. The van der Waals surface area contributed by atoms with E-state index in [4.69, 9.17) is 4.74 Å². The van der Waals surface area contributed by atoms with Crippen molar-refractivity contribution in [3.05, 3.63) is 29.1 Å². The lowest BCUT2D eigenvalue weighted by Gasteiger charge is -2.49. The average molecular weight is 454 g/mol. The molecule has 1 saturated heterocycles. The van der Waals surface area contributed by atoms with Gasteiger partial charge < -0.3 is 9.64 Å². The van der Waals surface area contributed by atoms with Crippen molar-refractivity contribution in [2.45, 2.75) is 96.9 Å². The minimum absolute atomic E-state index is 0.124. The van der Waals surface area contributed by atoms with Gasteiger partial charge in [0.15, 0.2) is 0 Å². The molecule has 1 heterocycles. The molecule has 33 heavy (non-hydrogen) atoms. The Morgan fingerprint density at radius 1 is 1.06 bits per heavy atom. The Balaban J connectivity index is 1.24. The molecule has 4 saturated carbocycles. The highest BCUT2D eigenvalue weighted by molar-refractivity contribution is 5.95. The van der Waals surface area contributed by atoms with Crippen molar-refractivity contribution in [2.24, 2.45) is 28.6 Å². The van der Waals surface area contributed by atoms with Gasteiger partial charge in [0, 0.05) is 24.1 Å². The quantitative estimate of drug-likeness (QED) is 0.483. The van der Waals surface area contributed by atoms with E-state index in [9.17, 15) is 4.79 Å². The van der Waals surface area contributed by atoms with Gasteiger partial charge in [-0.05, 0) is 112 Å². The minimum Gasteiger partial charge on any atom is -0.493 e.